The molecule has 1 fully saturated rings. The molecular weight excluding hydrogens is 268 g/mol. The Morgan fingerprint density at radius 1 is 1.38 bits per heavy atom. The minimum atomic E-state index is -0.482. The van der Waals surface area contributed by atoms with Gasteiger partial charge in [-0.05, 0) is 44.5 Å². The Morgan fingerprint density at radius 2 is 2.19 bits per heavy atom. The van der Waals surface area contributed by atoms with Crippen LogP contribution in [0.1, 0.15) is 36.5 Å². The molecule has 2 aliphatic rings. The number of hydrogen-bond acceptors (Lipinski definition) is 4. The molecule has 0 radical (unpaired) electrons. The molecule has 0 spiro atoms. The third-order valence-corrected chi connectivity index (χ3v) is 4.21. The zero-order chi connectivity index (χ0) is 15.0. The molecule has 1 saturated heterocycles. The molecular formula is C16H20N2O3. The second kappa shape index (κ2) is 5.48. The fourth-order valence-corrected chi connectivity index (χ4v) is 2.94. The van der Waals surface area contributed by atoms with Crippen LogP contribution in [0, 0.1) is 0 Å². The molecule has 1 aromatic rings. The van der Waals surface area contributed by atoms with Crippen LogP contribution >= 0.6 is 0 Å². The Hall–Kier alpha value is -1.88. The normalized spacial score (nSPS) is 25.2. The molecule has 5 nitrogen and oxygen atoms in total. The summed E-state index contributed by atoms with van der Waals surface area (Å²) in [5, 5.41) is 3.26. The number of nitrogens with one attached hydrogen (secondary N) is 1. The first-order valence-electron chi connectivity index (χ1n) is 7.44. The van der Waals surface area contributed by atoms with Crippen LogP contribution < -0.4 is 15.0 Å². The average Bonchev–Trinajstić information content (AvgIpc) is 2.53. The van der Waals surface area contributed by atoms with Crippen molar-refractivity contribution in [3.05, 3.63) is 23.8 Å². The SMILES string of the molecule is CC1Oc2ccc(C(=O)C3CCCCN3)cc2N(C)C1=O. The highest BCUT2D eigenvalue weighted by Gasteiger charge is 2.30. The Bertz CT molecular complexity index is 579. The summed E-state index contributed by atoms with van der Waals surface area (Å²) in [4.78, 5) is 26.1. The lowest BCUT2D eigenvalue weighted by Crippen LogP contribution is -2.42. The molecule has 1 aromatic carbocycles. The molecule has 0 aromatic heterocycles. The maximum absolute atomic E-state index is 12.5. The highest BCUT2D eigenvalue weighted by molar-refractivity contribution is 6.04. The number of amides is 1. The number of nitrogens with zero attached hydrogens (tertiary/aromatic N) is 1. The van der Waals surface area contributed by atoms with E-state index in [0.29, 0.717) is 17.0 Å². The summed E-state index contributed by atoms with van der Waals surface area (Å²) in [5.74, 6) is 0.651. The molecule has 1 N–H and O–H groups in total. The number of anilines is 1. The highest BCUT2D eigenvalue weighted by Crippen LogP contribution is 2.34. The van der Waals surface area contributed by atoms with E-state index in [0.717, 1.165) is 25.8 Å². The van der Waals surface area contributed by atoms with E-state index in [2.05, 4.69) is 5.32 Å². The number of carbonyl (C=O) groups is 2. The van der Waals surface area contributed by atoms with Gasteiger partial charge in [-0.3, -0.25) is 9.59 Å². The van der Waals surface area contributed by atoms with Crippen molar-refractivity contribution in [2.24, 2.45) is 0 Å². The molecule has 0 aliphatic carbocycles. The van der Waals surface area contributed by atoms with Gasteiger partial charge in [0.05, 0.1) is 11.7 Å². The van der Waals surface area contributed by atoms with Crippen molar-refractivity contribution in [2.45, 2.75) is 38.3 Å². The van der Waals surface area contributed by atoms with E-state index in [1.165, 1.54) is 0 Å². The van der Waals surface area contributed by atoms with Gasteiger partial charge in [0.2, 0.25) is 0 Å². The molecule has 21 heavy (non-hydrogen) atoms. The van der Waals surface area contributed by atoms with Crippen molar-refractivity contribution < 1.29 is 14.3 Å². The Labute approximate surface area is 124 Å². The minimum Gasteiger partial charge on any atom is -0.479 e. The molecule has 2 heterocycles. The number of fused-ring (bicyclic) bond motifs is 1. The molecule has 2 atom stereocenters. The molecule has 0 bridgehead atoms. The first-order chi connectivity index (χ1) is 10.1. The fraction of sp³-hybridized carbons (Fsp3) is 0.500. The number of piperidine rings is 1. The first kappa shape index (κ1) is 14.1. The molecule has 0 saturated carbocycles. The van der Waals surface area contributed by atoms with E-state index < -0.39 is 6.10 Å². The van der Waals surface area contributed by atoms with E-state index in [-0.39, 0.29) is 17.7 Å². The molecule has 5 heteroatoms. The molecule has 1 amide bonds. The van der Waals surface area contributed by atoms with Crippen molar-refractivity contribution >= 4 is 17.4 Å². The monoisotopic (exact) mass is 288 g/mol. The predicted octanol–water partition coefficient (Wildman–Crippen LogP) is 1.76. The van der Waals surface area contributed by atoms with Crippen LogP contribution in [0.15, 0.2) is 18.2 Å². The smallest absolute Gasteiger partial charge is 0.267 e. The van der Waals surface area contributed by atoms with E-state index in [1.807, 2.05) is 0 Å². The van der Waals surface area contributed by atoms with E-state index >= 15 is 0 Å². The lowest BCUT2D eigenvalue weighted by Gasteiger charge is -2.31. The summed E-state index contributed by atoms with van der Waals surface area (Å²) in [6.45, 7) is 2.62. The first-order valence-corrected chi connectivity index (χ1v) is 7.44. The number of hydrogen-bond donors (Lipinski definition) is 1. The van der Waals surface area contributed by atoms with E-state index in [9.17, 15) is 9.59 Å². The minimum absolute atomic E-state index is 0.0944. The standard InChI is InChI=1S/C16H20N2O3/c1-10-16(20)18(2)13-9-11(6-7-14(13)21-10)15(19)12-5-3-4-8-17-12/h6-7,9-10,12,17H,3-5,8H2,1-2H3. The number of ketones is 1. The van der Waals surface area contributed by atoms with Gasteiger partial charge >= 0.3 is 0 Å². The van der Waals surface area contributed by atoms with Crippen LogP contribution in [0.5, 0.6) is 5.75 Å². The lowest BCUT2D eigenvalue weighted by molar-refractivity contribution is -0.125. The molecule has 3 rings (SSSR count). The van der Waals surface area contributed by atoms with Crippen LogP contribution in [0.4, 0.5) is 5.69 Å². The second-order valence-corrected chi connectivity index (χ2v) is 5.71. The van der Waals surface area contributed by atoms with Crippen LogP contribution in [0.25, 0.3) is 0 Å². The number of Topliss-reactive ketones (excluding diaryl/α,β-unsaturated/α-hetero) is 1. The van der Waals surface area contributed by atoms with Gasteiger partial charge in [-0.1, -0.05) is 6.42 Å². The van der Waals surface area contributed by atoms with Gasteiger partial charge in [0.15, 0.2) is 11.9 Å². The Kier molecular flexibility index (Phi) is 3.68. The number of rotatable bonds is 2. The molecule has 2 unspecified atom stereocenters. The summed E-state index contributed by atoms with van der Waals surface area (Å²) in [5.41, 5.74) is 1.30. The molecule has 2 aliphatic heterocycles. The summed E-state index contributed by atoms with van der Waals surface area (Å²) in [6.07, 6.45) is 2.59. The Morgan fingerprint density at radius 3 is 2.90 bits per heavy atom. The number of ether oxygens (including phenoxy) is 1. The summed E-state index contributed by atoms with van der Waals surface area (Å²) < 4.78 is 5.58. The number of carbonyl (C=O) groups excluding carboxylic acids is 2. The van der Waals surface area contributed by atoms with Crippen molar-refractivity contribution in [1.29, 1.82) is 0 Å². The van der Waals surface area contributed by atoms with E-state index in [4.69, 9.17) is 4.74 Å². The van der Waals surface area contributed by atoms with Gasteiger partial charge in [-0.15, -0.1) is 0 Å². The van der Waals surface area contributed by atoms with Gasteiger partial charge in [0, 0.05) is 12.6 Å². The maximum atomic E-state index is 12.5. The van der Waals surface area contributed by atoms with Crippen molar-refractivity contribution in [3.63, 3.8) is 0 Å². The predicted molar refractivity (Wildman–Crippen MR) is 79.9 cm³/mol. The highest BCUT2D eigenvalue weighted by atomic mass is 16.5. The van der Waals surface area contributed by atoms with Crippen molar-refractivity contribution in [2.75, 3.05) is 18.5 Å². The quantitative estimate of drug-likeness (QED) is 0.842. The average molecular weight is 288 g/mol. The van der Waals surface area contributed by atoms with Gasteiger partial charge in [-0.25, -0.2) is 0 Å². The summed E-state index contributed by atoms with van der Waals surface area (Å²) in [6, 6.07) is 5.22. The van der Waals surface area contributed by atoms with E-state index in [1.54, 1.807) is 37.1 Å². The number of benzene rings is 1. The van der Waals surface area contributed by atoms with Crippen molar-refractivity contribution in [1.82, 2.24) is 5.32 Å². The van der Waals surface area contributed by atoms with Gasteiger partial charge in [0.1, 0.15) is 5.75 Å². The third kappa shape index (κ3) is 2.53. The zero-order valence-corrected chi connectivity index (χ0v) is 12.4. The maximum Gasteiger partial charge on any atom is 0.267 e. The van der Waals surface area contributed by atoms with Gasteiger partial charge < -0.3 is 15.0 Å². The Balaban J connectivity index is 1.88. The van der Waals surface area contributed by atoms with Crippen LogP contribution in [0.3, 0.4) is 0 Å². The topological polar surface area (TPSA) is 58.6 Å². The van der Waals surface area contributed by atoms with Crippen molar-refractivity contribution in [3.8, 4) is 5.75 Å². The second-order valence-electron chi connectivity index (χ2n) is 5.71. The largest absolute Gasteiger partial charge is 0.479 e. The van der Waals surface area contributed by atoms with Crippen LogP contribution in [0.2, 0.25) is 0 Å². The van der Waals surface area contributed by atoms with Gasteiger partial charge in [0.25, 0.3) is 5.91 Å². The summed E-state index contributed by atoms with van der Waals surface area (Å²) in [7, 11) is 1.72. The third-order valence-electron chi connectivity index (χ3n) is 4.21. The van der Waals surface area contributed by atoms with Gasteiger partial charge in [-0.2, -0.15) is 0 Å². The lowest BCUT2D eigenvalue weighted by atomic mass is 9.96. The fourth-order valence-electron chi connectivity index (χ4n) is 2.94. The zero-order valence-electron chi connectivity index (χ0n) is 12.4. The molecule has 112 valence electrons. The van der Waals surface area contributed by atoms with Crippen LogP contribution in [-0.2, 0) is 4.79 Å². The number of likely N-dealkylation sites (N-methyl/N-ethyl adjacent to an activating group) is 1. The van der Waals surface area contributed by atoms with Crippen LogP contribution in [-0.4, -0.2) is 37.4 Å². The summed E-state index contributed by atoms with van der Waals surface area (Å²) >= 11 is 0.